The lowest BCUT2D eigenvalue weighted by Crippen LogP contribution is -2.05. The maximum atomic E-state index is 6.07. The molecule has 0 saturated heterocycles. The number of benzene rings is 1. The predicted octanol–water partition coefficient (Wildman–Crippen LogP) is 2.84. The maximum Gasteiger partial charge on any atom is 0.151 e. The van der Waals surface area contributed by atoms with E-state index >= 15 is 0 Å². The highest BCUT2D eigenvalue weighted by Gasteiger charge is 2.03. The van der Waals surface area contributed by atoms with Gasteiger partial charge in [0.05, 0.1) is 17.3 Å². The van der Waals surface area contributed by atoms with Crippen LogP contribution in [0.25, 0.3) is 0 Å². The molecule has 84 valence electrons. The molecule has 0 amide bonds. The monoisotopic (exact) mass is 300 g/mol. The van der Waals surface area contributed by atoms with Crippen LogP contribution in [0.4, 0.5) is 5.69 Å². The van der Waals surface area contributed by atoms with Gasteiger partial charge < -0.3 is 9.88 Å². The molecule has 0 radical (unpaired) electrons. The molecule has 0 spiro atoms. The van der Waals surface area contributed by atoms with Crippen LogP contribution >= 0.6 is 27.5 Å². The van der Waals surface area contributed by atoms with Gasteiger partial charge >= 0.3 is 0 Å². The van der Waals surface area contributed by atoms with Gasteiger partial charge in [0.25, 0.3) is 0 Å². The Kier molecular flexibility index (Phi) is 3.46. The maximum absolute atomic E-state index is 6.07. The average Bonchev–Trinajstić information content (AvgIpc) is 2.63. The highest BCUT2D eigenvalue weighted by Crippen LogP contribution is 2.25. The van der Waals surface area contributed by atoms with Crippen LogP contribution in [0.5, 0.6) is 0 Å². The molecule has 1 aromatic heterocycles. The Morgan fingerprint density at radius 2 is 2.31 bits per heavy atom. The number of hydrogen-bond donors (Lipinski definition) is 1. The Bertz CT molecular complexity index is 497. The van der Waals surface area contributed by atoms with Crippen LogP contribution in [0.3, 0.4) is 0 Å². The van der Waals surface area contributed by atoms with Crippen LogP contribution in [0.15, 0.2) is 29.0 Å². The lowest BCUT2D eigenvalue weighted by atomic mass is 10.3. The zero-order chi connectivity index (χ0) is 11.5. The minimum absolute atomic E-state index is 0.595. The second kappa shape index (κ2) is 4.84. The van der Waals surface area contributed by atoms with Crippen LogP contribution < -0.4 is 5.32 Å². The van der Waals surface area contributed by atoms with Crippen LogP contribution in [-0.4, -0.2) is 14.8 Å². The van der Waals surface area contributed by atoms with Crippen molar-refractivity contribution in [3.8, 4) is 0 Å². The summed E-state index contributed by atoms with van der Waals surface area (Å²) in [5.41, 5.74) is 0.882. The van der Waals surface area contributed by atoms with Gasteiger partial charge in [-0.05, 0) is 18.2 Å². The van der Waals surface area contributed by atoms with E-state index in [0.717, 1.165) is 16.0 Å². The minimum atomic E-state index is 0.595. The molecule has 1 heterocycles. The molecule has 0 aliphatic rings. The Labute approximate surface area is 107 Å². The number of aromatic nitrogens is 3. The van der Waals surface area contributed by atoms with E-state index in [2.05, 4.69) is 31.4 Å². The number of nitrogens with one attached hydrogen (secondary N) is 1. The molecule has 0 fully saturated rings. The second-order valence-corrected chi connectivity index (χ2v) is 4.66. The Morgan fingerprint density at radius 1 is 1.50 bits per heavy atom. The summed E-state index contributed by atoms with van der Waals surface area (Å²) in [7, 11) is 1.90. The van der Waals surface area contributed by atoms with Crippen molar-refractivity contribution in [1.29, 1.82) is 0 Å². The summed E-state index contributed by atoms with van der Waals surface area (Å²) in [6.45, 7) is 0.595. The summed E-state index contributed by atoms with van der Waals surface area (Å²) in [5, 5.41) is 11.7. The van der Waals surface area contributed by atoms with E-state index in [1.54, 1.807) is 6.33 Å². The van der Waals surface area contributed by atoms with Gasteiger partial charge in [-0.1, -0.05) is 27.5 Å². The third-order valence-corrected chi connectivity index (χ3v) is 2.98. The molecule has 6 heteroatoms. The van der Waals surface area contributed by atoms with Crippen molar-refractivity contribution in [2.24, 2.45) is 7.05 Å². The lowest BCUT2D eigenvalue weighted by molar-refractivity contribution is 0.812. The van der Waals surface area contributed by atoms with Crippen molar-refractivity contribution < 1.29 is 0 Å². The summed E-state index contributed by atoms with van der Waals surface area (Å²) in [6.07, 6.45) is 1.67. The molecule has 0 atom stereocenters. The average molecular weight is 302 g/mol. The van der Waals surface area contributed by atoms with Gasteiger partial charge in [0, 0.05) is 11.5 Å². The highest BCUT2D eigenvalue weighted by molar-refractivity contribution is 9.10. The van der Waals surface area contributed by atoms with E-state index in [0.29, 0.717) is 11.6 Å². The quantitative estimate of drug-likeness (QED) is 0.948. The molecule has 4 nitrogen and oxygen atoms in total. The molecule has 1 aromatic carbocycles. The number of hydrogen-bond acceptors (Lipinski definition) is 3. The van der Waals surface area contributed by atoms with Crippen molar-refractivity contribution in [1.82, 2.24) is 14.8 Å². The molecule has 2 aromatic rings. The van der Waals surface area contributed by atoms with Crippen molar-refractivity contribution >= 4 is 33.2 Å². The van der Waals surface area contributed by atoms with Gasteiger partial charge in [-0.15, -0.1) is 10.2 Å². The van der Waals surface area contributed by atoms with Crippen molar-refractivity contribution in [2.75, 3.05) is 5.32 Å². The fourth-order valence-corrected chi connectivity index (χ4v) is 2.01. The summed E-state index contributed by atoms with van der Waals surface area (Å²) >= 11 is 9.43. The van der Waals surface area contributed by atoms with Gasteiger partial charge in [-0.3, -0.25) is 0 Å². The largest absolute Gasteiger partial charge is 0.377 e. The summed E-state index contributed by atoms with van der Waals surface area (Å²) in [4.78, 5) is 0. The first-order valence-electron chi connectivity index (χ1n) is 4.68. The molecule has 16 heavy (non-hydrogen) atoms. The predicted molar refractivity (Wildman–Crippen MR) is 67.5 cm³/mol. The third-order valence-electron chi connectivity index (χ3n) is 2.17. The molecule has 1 N–H and O–H groups in total. The summed E-state index contributed by atoms with van der Waals surface area (Å²) < 4.78 is 2.82. The van der Waals surface area contributed by atoms with Crippen molar-refractivity contribution in [3.05, 3.63) is 39.8 Å². The van der Waals surface area contributed by atoms with E-state index in [9.17, 15) is 0 Å². The molecule has 0 saturated carbocycles. The van der Waals surface area contributed by atoms with Crippen LogP contribution in [0, 0.1) is 0 Å². The van der Waals surface area contributed by atoms with Gasteiger partial charge in [0.1, 0.15) is 6.33 Å². The first-order chi connectivity index (χ1) is 7.66. The molecular weight excluding hydrogens is 291 g/mol. The fraction of sp³-hybridized carbons (Fsp3) is 0.200. The SMILES string of the molecule is Cn1cnnc1CNc1ccc(Br)cc1Cl. The molecular formula is C10H10BrClN4. The highest BCUT2D eigenvalue weighted by atomic mass is 79.9. The van der Waals surface area contributed by atoms with E-state index in [1.807, 2.05) is 29.8 Å². The van der Waals surface area contributed by atoms with E-state index < -0.39 is 0 Å². The number of aryl methyl sites for hydroxylation is 1. The normalized spacial score (nSPS) is 10.4. The van der Waals surface area contributed by atoms with Gasteiger partial charge in [-0.25, -0.2) is 0 Å². The van der Waals surface area contributed by atoms with Crippen molar-refractivity contribution in [2.45, 2.75) is 6.54 Å². The Morgan fingerprint density at radius 3 is 2.94 bits per heavy atom. The number of nitrogens with zero attached hydrogens (tertiary/aromatic N) is 3. The summed E-state index contributed by atoms with van der Waals surface area (Å²) in [5.74, 6) is 0.860. The topological polar surface area (TPSA) is 42.7 Å². The standard InChI is InChI=1S/C10H10BrClN4/c1-16-6-14-15-10(16)5-13-9-3-2-7(11)4-8(9)12/h2-4,6,13H,5H2,1H3. The Hall–Kier alpha value is -1.07. The number of anilines is 1. The van der Waals surface area contributed by atoms with E-state index in [-0.39, 0.29) is 0 Å². The molecule has 0 bridgehead atoms. The van der Waals surface area contributed by atoms with Gasteiger partial charge in [-0.2, -0.15) is 0 Å². The van der Waals surface area contributed by atoms with E-state index in [1.165, 1.54) is 0 Å². The first kappa shape index (κ1) is 11.4. The van der Waals surface area contributed by atoms with Crippen molar-refractivity contribution in [3.63, 3.8) is 0 Å². The van der Waals surface area contributed by atoms with E-state index in [4.69, 9.17) is 11.6 Å². The fourth-order valence-electron chi connectivity index (χ4n) is 1.27. The van der Waals surface area contributed by atoms with Crippen LogP contribution in [-0.2, 0) is 13.6 Å². The number of rotatable bonds is 3. The van der Waals surface area contributed by atoms with Gasteiger partial charge in [0.2, 0.25) is 0 Å². The molecule has 0 aliphatic heterocycles. The van der Waals surface area contributed by atoms with Crippen LogP contribution in [0.1, 0.15) is 5.82 Å². The molecule has 0 aliphatic carbocycles. The van der Waals surface area contributed by atoms with Gasteiger partial charge in [0.15, 0.2) is 5.82 Å². The number of halogens is 2. The lowest BCUT2D eigenvalue weighted by Gasteiger charge is -2.07. The second-order valence-electron chi connectivity index (χ2n) is 3.34. The first-order valence-corrected chi connectivity index (χ1v) is 5.85. The Balaban J connectivity index is 2.08. The smallest absolute Gasteiger partial charge is 0.151 e. The minimum Gasteiger partial charge on any atom is -0.377 e. The molecule has 2 rings (SSSR count). The third kappa shape index (κ3) is 2.54. The van der Waals surface area contributed by atoms with Crippen LogP contribution in [0.2, 0.25) is 5.02 Å². The zero-order valence-corrected chi connectivity index (χ0v) is 11.0. The zero-order valence-electron chi connectivity index (χ0n) is 8.61. The molecule has 0 unspecified atom stereocenters. The summed E-state index contributed by atoms with van der Waals surface area (Å²) in [6, 6.07) is 5.70.